The van der Waals surface area contributed by atoms with Crippen molar-refractivity contribution in [1.82, 2.24) is 16.1 Å². The molecule has 0 saturated carbocycles. The summed E-state index contributed by atoms with van der Waals surface area (Å²) in [7, 11) is 0. The van der Waals surface area contributed by atoms with E-state index in [0.29, 0.717) is 5.75 Å². The molecule has 0 bridgehead atoms. The third-order valence-corrected chi connectivity index (χ3v) is 3.96. The fourth-order valence-corrected chi connectivity index (χ4v) is 2.53. The van der Waals surface area contributed by atoms with Crippen LogP contribution in [0.15, 0.2) is 48.5 Å². The summed E-state index contributed by atoms with van der Waals surface area (Å²) < 4.78 is 5.31. The summed E-state index contributed by atoms with van der Waals surface area (Å²) in [5.74, 6) is -1.77. The molecule has 0 heterocycles. The molecule has 1 unspecified atom stereocenters. The van der Waals surface area contributed by atoms with Crippen LogP contribution in [0.2, 0.25) is 0 Å². The molecule has 0 aliphatic carbocycles. The first-order chi connectivity index (χ1) is 14.0. The van der Waals surface area contributed by atoms with Gasteiger partial charge in [-0.25, -0.2) is 5.48 Å². The van der Waals surface area contributed by atoms with Gasteiger partial charge in [0.05, 0.1) is 6.61 Å². The van der Waals surface area contributed by atoms with Crippen molar-refractivity contribution in [3.63, 3.8) is 0 Å². The first kappa shape index (κ1) is 21.9. The SMILES string of the molecule is CCNC(=O)C(NC(=O)c1ccc(-c2ccc(OCCO)cc2)cc1)C(=O)NO. The Morgan fingerprint density at radius 1 is 0.966 bits per heavy atom. The summed E-state index contributed by atoms with van der Waals surface area (Å²) in [5, 5.41) is 22.3. The predicted octanol–water partition coefficient (Wildman–Crippen LogP) is 0.465. The van der Waals surface area contributed by atoms with Crippen LogP contribution in [0.5, 0.6) is 5.75 Å². The van der Waals surface area contributed by atoms with Crippen LogP contribution in [0, 0.1) is 0 Å². The van der Waals surface area contributed by atoms with Gasteiger partial charge in [0, 0.05) is 12.1 Å². The molecule has 5 N–H and O–H groups in total. The molecule has 0 radical (unpaired) electrons. The monoisotopic (exact) mass is 401 g/mol. The van der Waals surface area contributed by atoms with Crippen LogP contribution in [0.1, 0.15) is 17.3 Å². The Labute approximate surface area is 167 Å². The van der Waals surface area contributed by atoms with E-state index in [9.17, 15) is 14.4 Å². The molecule has 9 nitrogen and oxygen atoms in total. The molecule has 3 amide bonds. The summed E-state index contributed by atoms with van der Waals surface area (Å²) in [4.78, 5) is 36.0. The van der Waals surface area contributed by atoms with Gasteiger partial charge in [0.15, 0.2) is 6.04 Å². The Morgan fingerprint density at radius 2 is 1.55 bits per heavy atom. The summed E-state index contributed by atoms with van der Waals surface area (Å²) in [6.07, 6.45) is 0. The van der Waals surface area contributed by atoms with Crippen molar-refractivity contribution in [2.24, 2.45) is 0 Å². The smallest absolute Gasteiger partial charge is 0.275 e. The van der Waals surface area contributed by atoms with Gasteiger partial charge in [-0.3, -0.25) is 19.6 Å². The van der Waals surface area contributed by atoms with E-state index in [1.165, 1.54) is 5.48 Å². The number of benzene rings is 2. The van der Waals surface area contributed by atoms with Gasteiger partial charge in [-0.2, -0.15) is 0 Å². The van der Waals surface area contributed by atoms with Crippen molar-refractivity contribution in [3.8, 4) is 16.9 Å². The van der Waals surface area contributed by atoms with Gasteiger partial charge in [-0.1, -0.05) is 24.3 Å². The first-order valence-corrected chi connectivity index (χ1v) is 8.96. The topological polar surface area (TPSA) is 137 Å². The third kappa shape index (κ3) is 6.03. The zero-order chi connectivity index (χ0) is 21.2. The highest BCUT2D eigenvalue weighted by Crippen LogP contribution is 2.23. The maximum absolute atomic E-state index is 12.4. The second-order valence-electron chi connectivity index (χ2n) is 5.95. The normalized spacial score (nSPS) is 11.3. The van der Waals surface area contributed by atoms with Crippen molar-refractivity contribution < 1.29 is 29.4 Å². The maximum Gasteiger partial charge on any atom is 0.275 e. The number of aliphatic hydroxyl groups is 1. The van der Waals surface area contributed by atoms with Crippen molar-refractivity contribution in [2.75, 3.05) is 19.8 Å². The van der Waals surface area contributed by atoms with Crippen LogP contribution < -0.4 is 20.9 Å². The zero-order valence-electron chi connectivity index (χ0n) is 15.8. The van der Waals surface area contributed by atoms with Gasteiger partial charge >= 0.3 is 0 Å². The van der Waals surface area contributed by atoms with E-state index in [1.807, 2.05) is 12.1 Å². The van der Waals surface area contributed by atoms with Crippen molar-refractivity contribution in [3.05, 3.63) is 54.1 Å². The van der Waals surface area contributed by atoms with E-state index in [-0.39, 0.29) is 25.3 Å². The maximum atomic E-state index is 12.4. The largest absolute Gasteiger partial charge is 0.491 e. The lowest BCUT2D eigenvalue weighted by atomic mass is 10.0. The number of hydrogen-bond donors (Lipinski definition) is 5. The standard InChI is InChI=1S/C20H23N3O6/c1-2-21-19(26)17(20(27)23-28)22-18(25)15-5-3-13(4-6-15)14-7-9-16(10-8-14)29-12-11-24/h3-10,17,24,28H,2,11-12H2,1H3,(H,21,26)(H,22,25)(H,23,27). The zero-order valence-corrected chi connectivity index (χ0v) is 15.8. The molecule has 9 heteroatoms. The van der Waals surface area contributed by atoms with Crippen molar-refractivity contribution in [2.45, 2.75) is 13.0 Å². The van der Waals surface area contributed by atoms with Gasteiger partial charge in [0.2, 0.25) is 0 Å². The van der Waals surface area contributed by atoms with Gasteiger partial charge in [0.1, 0.15) is 12.4 Å². The molecule has 0 aliphatic heterocycles. The molecule has 29 heavy (non-hydrogen) atoms. The van der Waals surface area contributed by atoms with Crippen LogP contribution in [0.3, 0.4) is 0 Å². The predicted molar refractivity (Wildman–Crippen MR) is 104 cm³/mol. The molecule has 2 rings (SSSR count). The van der Waals surface area contributed by atoms with E-state index in [4.69, 9.17) is 15.1 Å². The second kappa shape index (κ2) is 10.8. The molecule has 0 aliphatic rings. The highest BCUT2D eigenvalue weighted by molar-refractivity contribution is 6.08. The molecule has 154 valence electrons. The summed E-state index contributed by atoms with van der Waals surface area (Å²) in [6, 6.07) is 12.3. The van der Waals surface area contributed by atoms with Crippen LogP contribution in [-0.4, -0.2) is 53.8 Å². The van der Waals surface area contributed by atoms with Gasteiger partial charge < -0.3 is 20.5 Å². The highest BCUT2D eigenvalue weighted by Gasteiger charge is 2.28. The first-order valence-electron chi connectivity index (χ1n) is 8.96. The highest BCUT2D eigenvalue weighted by atomic mass is 16.5. The lowest BCUT2D eigenvalue weighted by Gasteiger charge is -2.16. The fourth-order valence-electron chi connectivity index (χ4n) is 2.53. The number of amides is 3. The Bertz CT molecular complexity index is 836. The Balaban J connectivity index is 2.09. The number of rotatable bonds is 9. The van der Waals surface area contributed by atoms with Crippen LogP contribution in [-0.2, 0) is 9.59 Å². The number of hydroxylamine groups is 1. The van der Waals surface area contributed by atoms with Gasteiger partial charge in [0.25, 0.3) is 17.7 Å². The van der Waals surface area contributed by atoms with E-state index in [2.05, 4.69) is 10.6 Å². The number of carbonyl (C=O) groups excluding carboxylic acids is 3. The molecule has 1 atom stereocenters. The van der Waals surface area contributed by atoms with Crippen molar-refractivity contribution >= 4 is 17.7 Å². The fraction of sp³-hybridized carbons (Fsp3) is 0.250. The molecular weight excluding hydrogens is 378 g/mol. The molecule has 2 aromatic carbocycles. The van der Waals surface area contributed by atoms with Crippen LogP contribution in [0.4, 0.5) is 0 Å². The number of aliphatic hydroxyl groups excluding tert-OH is 1. The number of carbonyl (C=O) groups is 3. The number of likely N-dealkylation sites (N-methyl/N-ethyl adjacent to an activating group) is 1. The quantitative estimate of drug-likeness (QED) is 0.235. The summed E-state index contributed by atoms with van der Waals surface area (Å²) in [5.41, 5.74) is 3.36. The minimum absolute atomic E-state index is 0.0633. The Morgan fingerprint density at radius 3 is 2.07 bits per heavy atom. The molecule has 2 aromatic rings. The lowest BCUT2D eigenvalue weighted by molar-refractivity contribution is -0.137. The average Bonchev–Trinajstić information content (AvgIpc) is 2.76. The molecule has 0 saturated heterocycles. The minimum atomic E-state index is -1.56. The van der Waals surface area contributed by atoms with E-state index >= 15 is 0 Å². The number of ether oxygens (including phenoxy) is 1. The van der Waals surface area contributed by atoms with Crippen LogP contribution in [0.25, 0.3) is 11.1 Å². The summed E-state index contributed by atoms with van der Waals surface area (Å²) >= 11 is 0. The summed E-state index contributed by atoms with van der Waals surface area (Å²) in [6.45, 7) is 2.08. The average molecular weight is 401 g/mol. The molecule has 0 fully saturated rings. The molecular formula is C20H23N3O6. The Kier molecular flexibility index (Phi) is 8.13. The number of nitrogens with one attached hydrogen (secondary N) is 3. The van der Waals surface area contributed by atoms with Crippen LogP contribution >= 0.6 is 0 Å². The lowest BCUT2D eigenvalue weighted by Crippen LogP contribution is -2.54. The van der Waals surface area contributed by atoms with Gasteiger partial charge in [-0.05, 0) is 42.3 Å². The Hall–Kier alpha value is -3.43. The van der Waals surface area contributed by atoms with Crippen molar-refractivity contribution in [1.29, 1.82) is 0 Å². The van der Waals surface area contributed by atoms with E-state index in [0.717, 1.165) is 11.1 Å². The second-order valence-corrected chi connectivity index (χ2v) is 5.95. The number of hydrogen-bond acceptors (Lipinski definition) is 6. The van der Waals surface area contributed by atoms with E-state index < -0.39 is 23.8 Å². The third-order valence-electron chi connectivity index (χ3n) is 3.96. The van der Waals surface area contributed by atoms with Gasteiger partial charge in [-0.15, -0.1) is 0 Å². The van der Waals surface area contributed by atoms with E-state index in [1.54, 1.807) is 43.3 Å². The molecule has 0 aromatic heterocycles. The molecule has 0 spiro atoms. The minimum Gasteiger partial charge on any atom is -0.491 e.